The first kappa shape index (κ1) is 16.9. The number of nitrogens with one attached hydrogen (secondary N) is 1. The third-order valence-corrected chi connectivity index (χ3v) is 5.46. The summed E-state index contributed by atoms with van der Waals surface area (Å²) in [5.74, 6) is 2.44. The number of hydrogen-bond acceptors (Lipinski definition) is 4. The highest BCUT2D eigenvalue weighted by molar-refractivity contribution is 7.99. The van der Waals surface area contributed by atoms with Crippen molar-refractivity contribution < 1.29 is 9.53 Å². The number of hydrogen-bond donors (Lipinski definition) is 1. The molecule has 5 heteroatoms. The van der Waals surface area contributed by atoms with Gasteiger partial charge in [-0.1, -0.05) is 13.8 Å². The molecule has 0 spiro atoms. The fraction of sp³-hybridized carbons (Fsp3) is 0.938. The summed E-state index contributed by atoms with van der Waals surface area (Å²) in [6.07, 6.45) is 2.11. The van der Waals surface area contributed by atoms with E-state index >= 15 is 0 Å². The molecule has 0 saturated carbocycles. The monoisotopic (exact) mass is 314 g/mol. The zero-order valence-corrected chi connectivity index (χ0v) is 14.9. The van der Waals surface area contributed by atoms with Crippen LogP contribution in [0.25, 0.3) is 0 Å². The molecule has 2 fully saturated rings. The molecule has 1 N–H and O–H groups in total. The summed E-state index contributed by atoms with van der Waals surface area (Å²) in [4.78, 5) is 13.9. The maximum Gasteiger partial charge on any atom is 0.410 e. The fourth-order valence-corrected chi connectivity index (χ4v) is 4.50. The summed E-state index contributed by atoms with van der Waals surface area (Å²) < 4.78 is 5.46. The number of rotatable bonds is 2. The number of thioether (sulfide) groups is 1. The Kier molecular flexibility index (Phi) is 5.14. The van der Waals surface area contributed by atoms with Gasteiger partial charge in [-0.15, -0.1) is 0 Å². The average molecular weight is 314 g/mol. The maximum absolute atomic E-state index is 12.1. The van der Waals surface area contributed by atoms with Crippen molar-refractivity contribution in [3.8, 4) is 0 Å². The zero-order valence-electron chi connectivity index (χ0n) is 14.1. The predicted octanol–water partition coefficient (Wildman–Crippen LogP) is 3.12. The highest BCUT2D eigenvalue weighted by atomic mass is 32.2. The Labute approximate surface area is 133 Å². The molecule has 0 aliphatic carbocycles. The molecule has 0 bridgehead atoms. The quantitative estimate of drug-likeness (QED) is 0.850. The third-order valence-electron chi connectivity index (χ3n) is 4.40. The lowest BCUT2D eigenvalue weighted by atomic mass is 9.82. The van der Waals surface area contributed by atoms with Gasteiger partial charge < -0.3 is 15.0 Å². The highest BCUT2D eigenvalue weighted by Crippen LogP contribution is 2.34. The normalized spacial score (nSPS) is 29.5. The minimum atomic E-state index is -0.412. The van der Waals surface area contributed by atoms with Gasteiger partial charge in [-0.05, 0) is 44.8 Å². The van der Waals surface area contributed by atoms with E-state index in [9.17, 15) is 4.79 Å². The summed E-state index contributed by atoms with van der Waals surface area (Å²) in [6, 6.07) is 0.945. The Balaban J connectivity index is 1.84. The Hall–Kier alpha value is -0.420. The van der Waals surface area contributed by atoms with Crippen molar-refractivity contribution in [2.24, 2.45) is 5.41 Å². The smallest absolute Gasteiger partial charge is 0.410 e. The van der Waals surface area contributed by atoms with Crippen LogP contribution in [-0.2, 0) is 4.74 Å². The van der Waals surface area contributed by atoms with Crippen LogP contribution in [0, 0.1) is 5.41 Å². The van der Waals surface area contributed by atoms with Gasteiger partial charge in [0, 0.05) is 30.9 Å². The first-order valence-corrected chi connectivity index (χ1v) is 9.14. The molecule has 0 aromatic rings. The van der Waals surface area contributed by atoms with Crippen LogP contribution in [0.15, 0.2) is 0 Å². The van der Waals surface area contributed by atoms with Crippen LogP contribution < -0.4 is 5.32 Å². The lowest BCUT2D eigenvalue weighted by molar-refractivity contribution is 0.0289. The number of likely N-dealkylation sites (tertiary alicyclic amines) is 1. The molecule has 2 aliphatic heterocycles. The minimum Gasteiger partial charge on any atom is -0.444 e. The Morgan fingerprint density at radius 2 is 2.10 bits per heavy atom. The van der Waals surface area contributed by atoms with E-state index in [1.807, 2.05) is 37.4 Å². The maximum atomic E-state index is 12.1. The molecule has 0 radical (unpaired) electrons. The van der Waals surface area contributed by atoms with Crippen molar-refractivity contribution in [3.05, 3.63) is 0 Å². The molecule has 0 aromatic heterocycles. The molecule has 2 saturated heterocycles. The number of carbonyl (C=O) groups is 1. The topological polar surface area (TPSA) is 41.6 Å². The van der Waals surface area contributed by atoms with E-state index in [1.165, 1.54) is 17.9 Å². The molecular formula is C16H30N2O2S. The molecular weight excluding hydrogens is 284 g/mol. The van der Waals surface area contributed by atoms with Crippen LogP contribution in [0.1, 0.15) is 47.5 Å². The van der Waals surface area contributed by atoms with Gasteiger partial charge in [0.05, 0.1) is 0 Å². The number of nitrogens with zero attached hydrogens (tertiary/aromatic N) is 1. The van der Waals surface area contributed by atoms with Gasteiger partial charge in [0.15, 0.2) is 0 Å². The van der Waals surface area contributed by atoms with Crippen LogP contribution in [0.3, 0.4) is 0 Å². The van der Waals surface area contributed by atoms with E-state index in [0.717, 1.165) is 19.5 Å². The molecule has 2 rings (SSSR count). The van der Waals surface area contributed by atoms with E-state index in [2.05, 4.69) is 19.2 Å². The van der Waals surface area contributed by atoms with Crippen LogP contribution in [-0.4, -0.2) is 53.3 Å². The second kappa shape index (κ2) is 6.37. The van der Waals surface area contributed by atoms with Crippen molar-refractivity contribution in [1.82, 2.24) is 10.2 Å². The van der Waals surface area contributed by atoms with Gasteiger partial charge >= 0.3 is 6.09 Å². The highest BCUT2D eigenvalue weighted by Gasteiger charge is 2.36. The zero-order chi connectivity index (χ0) is 15.7. The predicted molar refractivity (Wildman–Crippen MR) is 88.9 cm³/mol. The second-order valence-electron chi connectivity index (χ2n) is 7.94. The third kappa shape index (κ3) is 4.78. The summed E-state index contributed by atoms with van der Waals surface area (Å²) in [6.45, 7) is 12.0. The average Bonchev–Trinajstić information content (AvgIpc) is 2.78. The van der Waals surface area contributed by atoms with E-state index < -0.39 is 5.60 Å². The first-order valence-electron chi connectivity index (χ1n) is 7.99. The van der Waals surface area contributed by atoms with Crippen molar-refractivity contribution in [2.45, 2.75) is 65.1 Å². The number of amides is 1. The van der Waals surface area contributed by atoms with E-state index in [4.69, 9.17) is 4.74 Å². The summed E-state index contributed by atoms with van der Waals surface area (Å²) in [7, 11) is 0. The van der Waals surface area contributed by atoms with E-state index in [1.54, 1.807) is 0 Å². The van der Waals surface area contributed by atoms with Crippen LogP contribution in [0.2, 0.25) is 0 Å². The lowest BCUT2D eigenvalue weighted by Gasteiger charge is -2.40. The summed E-state index contributed by atoms with van der Waals surface area (Å²) in [5.41, 5.74) is -0.0603. The van der Waals surface area contributed by atoms with Crippen LogP contribution in [0.4, 0.5) is 4.79 Å². The van der Waals surface area contributed by atoms with Gasteiger partial charge in [0.1, 0.15) is 5.60 Å². The largest absolute Gasteiger partial charge is 0.444 e. The molecule has 2 atom stereocenters. The fourth-order valence-electron chi connectivity index (χ4n) is 2.88. The second-order valence-corrected chi connectivity index (χ2v) is 9.09. The minimum absolute atomic E-state index is 0.177. The number of ether oxygens (including phenoxy) is 1. The summed E-state index contributed by atoms with van der Waals surface area (Å²) in [5, 5.41) is 3.79. The van der Waals surface area contributed by atoms with Gasteiger partial charge in [0.25, 0.3) is 0 Å². The van der Waals surface area contributed by atoms with Gasteiger partial charge in [0.2, 0.25) is 0 Å². The summed E-state index contributed by atoms with van der Waals surface area (Å²) >= 11 is 2.04. The molecule has 2 aliphatic rings. The van der Waals surface area contributed by atoms with E-state index in [0.29, 0.717) is 17.5 Å². The van der Waals surface area contributed by atoms with Crippen molar-refractivity contribution >= 4 is 17.9 Å². The van der Waals surface area contributed by atoms with Crippen molar-refractivity contribution in [3.63, 3.8) is 0 Å². The SMILES string of the molecule is CC(C)(C)OC(=O)N1CCC(NC2CSCCC2(C)C)C1. The Bertz CT molecular complexity index is 379. The Morgan fingerprint density at radius 3 is 2.71 bits per heavy atom. The number of carbonyl (C=O) groups excluding carboxylic acids is 1. The van der Waals surface area contributed by atoms with E-state index in [-0.39, 0.29) is 6.09 Å². The molecule has 0 aromatic carbocycles. The molecule has 4 nitrogen and oxygen atoms in total. The van der Waals surface area contributed by atoms with Gasteiger partial charge in [-0.2, -0.15) is 11.8 Å². The molecule has 2 unspecified atom stereocenters. The van der Waals surface area contributed by atoms with Crippen molar-refractivity contribution in [1.29, 1.82) is 0 Å². The van der Waals surface area contributed by atoms with Gasteiger partial charge in [-0.3, -0.25) is 0 Å². The molecule has 1 amide bonds. The van der Waals surface area contributed by atoms with Crippen molar-refractivity contribution in [2.75, 3.05) is 24.6 Å². The van der Waals surface area contributed by atoms with Crippen LogP contribution in [0.5, 0.6) is 0 Å². The molecule has 2 heterocycles. The van der Waals surface area contributed by atoms with Crippen LogP contribution >= 0.6 is 11.8 Å². The molecule has 122 valence electrons. The standard InChI is InChI=1S/C16H30N2O2S/c1-15(2,3)20-14(19)18-8-6-12(10-18)17-13-11-21-9-7-16(13,4)5/h12-13,17H,6-11H2,1-5H3. The molecule has 21 heavy (non-hydrogen) atoms. The Morgan fingerprint density at radius 1 is 1.38 bits per heavy atom. The lowest BCUT2D eigenvalue weighted by Crippen LogP contribution is -2.51. The van der Waals surface area contributed by atoms with Gasteiger partial charge in [-0.25, -0.2) is 4.79 Å². The first-order chi connectivity index (χ1) is 9.67.